The summed E-state index contributed by atoms with van der Waals surface area (Å²) >= 11 is 1.38. The monoisotopic (exact) mass is 458 g/mol. The van der Waals surface area contributed by atoms with Crippen molar-refractivity contribution in [2.24, 2.45) is 0 Å². The topological polar surface area (TPSA) is 97.0 Å². The molecule has 5 aromatic rings. The van der Waals surface area contributed by atoms with Crippen molar-refractivity contribution >= 4 is 34.3 Å². The Labute approximate surface area is 194 Å². The second kappa shape index (κ2) is 8.99. The number of thioether (sulfide) groups is 1. The van der Waals surface area contributed by atoms with E-state index in [-0.39, 0.29) is 11.2 Å². The van der Waals surface area contributed by atoms with Crippen LogP contribution in [0.15, 0.2) is 81.1 Å². The van der Waals surface area contributed by atoms with Gasteiger partial charge in [-0.15, -0.1) is 0 Å². The smallest absolute Gasteiger partial charge is 0.237 e. The van der Waals surface area contributed by atoms with Crippen molar-refractivity contribution in [3.05, 3.63) is 72.8 Å². The highest BCUT2D eigenvalue weighted by atomic mass is 32.2. The van der Waals surface area contributed by atoms with Gasteiger partial charge in [0.1, 0.15) is 11.4 Å². The summed E-state index contributed by atoms with van der Waals surface area (Å²) in [6.07, 6.45) is 3.84. The van der Waals surface area contributed by atoms with Crippen LogP contribution in [0.2, 0.25) is 0 Å². The first-order valence-electron chi connectivity index (χ1n) is 10.6. The van der Waals surface area contributed by atoms with Crippen molar-refractivity contribution in [3.8, 4) is 22.9 Å². The Bertz CT molecular complexity index is 1340. The zero-order valence-corrected chi connectivity index (χ0v) is 19.0. The predicted octanol–water partition coefficient (Wildman–Crippen LogP) is 6.30. The number of hydrogen-bond donors (Lipinski definition) is 2. The highest BCUT2D eigenvalue weighted by molar-refractivity contribution is 8.00. The predicted molar refractivity (Wildman–Crippen MR) is 129 cm³/mol. The lowest BCUT2D eigenvalue weighted by molar-refractivity contribution is -0.115. The van der Waals surface area contributed by atoms with Crippen LogP contribution in [0.5, 0.6) is 0 Å². The van der Waals surface area contributed by atoms with Gasteiger partial charge in [-0.25, -0.2) is 4.98 Å². The summed E-state index contributed by atoms with van der Waals surface area (Å²) in [5.74, 6) is 1.19. The lowest BCUT2D eigenvalue weighted by atomic mass is 10.1. The lowest BCUT2D eigenvalue weighted by Crippen LogP contribution is -2.25. The number of pyridine rings is 1. The van der Waals surface area contributed by atoms with Crippen molar-refractivity contribution in [2.45, 2.75) is 30.7 Å². The van der Waals surface area contributed by atoms with E-state index in [1.165, 1.54) is 11.8 Å². The number of aromatic amines is 1. The summed E-state index contributed by atoms with van der Waals surface area (Å²) in [6.45, 7) is 3.90. The second-order valence-corrected chi connectivity index (χ2v) is 8.74. The average molecular weight is 459 g/mol. The van der Waals surface area contributed by atoms with Crippen molar-refractivity contribution in [3.63, 3.8) is 0 Å². The molecule has 0 aliphatic heterocycles. The number of carbonyl (C=O) groups is 1. The normalized spacial score (nSPS) is 12.2. The van der Waals surface area contributed by atoms with Crippen LogP contribution in [0.1, 0.15) is 19.0 Å². The molecule has 5 rings (SSSR count). The molecule has 0 saturated heterocycles. The third-order valence-electron chi connectivity index (χ3n) is 5.22. The SMILES string of the molecule is CCC(Sc1nc(-c2ccco2)c(-c2ccco2)[nH]1)C(=O)Nc1cc(C)nc2ccccc12. The van der Waals surface area contributed by atoms with E-state index < -0.39 is 0 Å². The molecule has 4 aromatic heterocycles. The first kappa shape index (κ1) is 21.1. The Morgan fingerprint density at radius 2 is 1.82 bits per heavy atom. The van der Waals surface area contributed by atoms with Crippen molar-refractivity contribution < 1.29 is 13.6 Å². The lowest BCUT2D eigenvalue weighted by Gasteiger charge is -2.15. The maximum absolute atomic E-state index is 13.2. The number of benzene rings is 1. The van der Waals surface area contributed by atoms with Crippen LogP contribution in [-0.2, 0) is 4.79 Å². The van der Waals surface area contributed by atoms with E-state index in [1.807, 2.05) is 68.4 Å². The first-order valence-corrected chi connectivity index (χ1v) is 11.5. The van der Waals surface area contributed by atoms with E-state index in [2.05, 4.69) is 15.3 Å². The van der Waals surface area contributed by atoms with Gasteiger partial charge in [-0.1, -0.05) is 36.9 Å². The highest BCUT2D eigenvalue weighted by Gasteiger charge is 2.24. The molecule has 2 N–H and O–H groups in total. The number of nitrogens with zero attached hydrogens (tertiary/aromatic N) is 2. The number of fused-ring (bicyclic) bond motifs is 1. The van der Waals surface area contributed by atoms with Crippen molar-refractivity contribution in [1.29, 1.82) is 0 Å². The molecule has 166 valence electrons. The molecule has 7 nitrogen and oxygen atoms in total. The maximum Gasteiger partial charge on any atom is 0.237 e. The number of imidazole rings is 1. The largest absolute Gasteiger partial charge is 0.463 e. The van der Waals surface area contributed by atoms with Crippen LogP contribution in [-0.4, -0.2) is 26.1 Å². The number of H-pyrrole nitrogens is 1. The molecule has 1 amide bonds. The van der Waals surface area contributed by atoms with E-state index in [1.54, 1.807) is 12.5 Å². The van der Waals surface area contributed by atoms with Gasteiger partial charge in [0.2, 0.25) is 5.91 Å². The van der Waals surface area contributed by atoms with Gasteiger partial charge < -0.3 is 19.1 Å². The van der Waals surface area contributed by atoms with Gasteiger partial charge in [0.05, 0.1) is 29.0 Å². The number of aryl methyl sites for hydroxylation is 1. The standard InChI is InChI=1S/C25H22N4O3S/c1-3-21(24(30)27-18-14-15(2)26-17-9-5-4-8-16(17)18)33-25-28-22(19-10-6-12-31-19)23(29-25)20-11-7-13-32-20/h4-14,21H,3H2,1-2H3,(H,28,29)(H,26,27,30). The summed E-state index contributed by atoms with van der Waals surface area (Å²) in [5.41, 5.74) is 3.81. The molecule has 0 bridgehead atoms. The fraction of sp³-hybridized carbons (Fsp3) is 0.160. The Morgan fingerprint density at radius 3 is 2.55 bits per heavy atom. The molecule has 0 saturated carbocycles. The molecular formula is C25H22N4O3S. The van der Waals surface area contributed by atoms with E-state index in [0.717, 1.165) is 22.3 Å². The van der Waals surface area contributed by atoms with Gasteiger partial charge in [-0.3, -0.25) is 9.78 Å². The summed E-state index contributed by atoms with van der Waals surface area (Å²) < 4.78 is 11.1. The van der Waals surface area contributed by atoms with E-state index in [0.29, 0.717) is 34.5 Å². The van der Waals surface area contributed by atoms with Gasteiger partial charge in [0, 0.05) is 11.1 Å². The maximum atomic E-state index is 13.2. The van der Waals surface area contributed by atoms with E-state index in [9.17, 15) is 4.79 Å². The Kier molecular flexibility index (Phi) is 5.75. The molecule has 33 heavy (non-hydrogen) atoms. The highest BCUT2D eigenvalue weighted by Crippen LogP contribution is 2.35. The molecule has 0 radical (unpaired) electrons. The van der Waals surface area contributed by atoms with E-state index >= 15 is 0 Å². The zero-order valence-electron chi connectivity index (χ0n) is 18.2. The molecular weight excluding hydrogens is 436 g/mol. The number of hydrogen-bond acceptors (Lipinski definition) is 6. The Hall–Kier alpha value is -3.78. The second-order valence-electron chi connectivity index (χ2n) is 7.55. The van der Waals surface area contributed by atoms with Crippen LogP contribution in [0.25, 0.3) is 33.8 Å². The van der Waals surface area contributed by atoms with Gasteiger partial charge in [-0.05, 0) is 49.7 Å². The molecule has 0 fully saturated rings. The molecule has 1 atom stereocenters. The minimum atomic E-state index is -0.350. The van der Waals surface area contributed by atoms with Crippen molar-refractivity contribution in [2.75, 3.05) is 5.32 Å². The molecule has 4 heterocycles. The number of carbonyl (C=O) groups excluding carboxylic acids is 1. The molecule has 1 aromatic carbocycles. The number of aromatic nitrogens is 3. The van der Waals surface area contributed by atoms with E-state index in [4.69, 9.17) is 13.8 Å². The number of rotatable bonds is 7. The quantitative estimate of drug-likeness (QED) is 0.278. The summed E-state index contributed by atoms with van der Waals surface area (Å²) in [6, 6.07) is 17.0. The minimum Gasteiger partial charge on any atom is -0.463 e. The molecule has 0 aliphatic rings. The average Bonchev–Trinajstić information content (AvgIpc) is 3.58. The van der Waals surface area contributed by atoms with Gasteiger partial charge in [-0.2, -0.15) is 0 Å². The Morgan fingerprint density at radius 1 is 1.06 bits per heavy atom. The van der Waals surface area contributed by atoms with Crippen molar-refractivity contribution in [1.82, 2.24) is 15.0 Å². The molecule has 0 aliphatic carbocycles. The van der Waals surface area contributed by atoms with Gasteiger partial charge in [0.25, 0.3) is 0 Å². The number of anilines is 1. The summed E-state index contributed by atoms with van der Waals surface area (Å²) in [5, 5.41) is 4.27. The van der Waals surface area contributed by atoms with Crippen LogP contribution in [0.4, 0.5) is 5.69 Å². The summed E-state index contributed by atoms with van der Waals surface area (Å²) in [7, 11) is 0. The van der Waals surface area contributed by atoms with Crippen LogP contribution < -0.4 is 5.32 Å². The minimum absolute atomic E-state index is 0.0891. The van der Waals surface area contributed by atoms with Gasteiger partial charge in [0.15, 0.2) is 16.7 Å². The third kappa shape index (κ3) is 4.29. The fourth-order valence-corrected chi connectivity index (χ4v) is 4.59. The van der Waals surface area contributed by atoms with Gasteiger partial charge >= 0.3 is 0 Å². The zero-order chi connectivity index (χ0) is 22.8. The fourth-order valence-electron chi connectivity index (χ4n) is 3.68. The number of furan rings is 2. The summed E-state index contributed by atoms with van der Waals surface area (Å²) in [4.78, 5) is 25.8. The molecule has 1 unspecified atom stereocenters. The number of amides is 1. The molecule has 0 spiro atoms. The third-order valence-corrected chi connectivity index (χ3v) is 6.47. The first-order chi connectivity index (χ1) is 16.1. The number of para-hydroxylation sites is 1. The van der Waals surface area contributed by atoms with Crippen LogP contribution in [0, 0.1) is 6.92 Å². The number of nitrogens with one attached hydrogen (secondary N) is 2. The van der Waals surface area contributed by atoms with Crippen LogP contribution in [0.3, 0.4) is 0 Å². The van der Waals surface area contributed by atoms with Crippen LogP contribution >= 0.6 is 11.8 Å². The Balaban J connectivity index is 1.42. The molecule has 8 heteroatoms.